The smallest absolute Gasteiger partial charge is 0.311 e. The highest BCUT2D eigenvalue weighted by Gasteiger charge is 2.17. The van der Waals surface area contributed by atoms with Gasteiger partial charge < -0.3 is 15.2 Å². The van der Waals surface area contributed by atoms with Crippen LogP contribution in [-0.2, 0) is 0 Å². The standard InChI is InChI=1S/C15H11BrN4O4/c1-24-14-3-2-8(16)4-11(14)19-15-9-5-12(20(22)23)13(21)6-10(9)17-7-18-15/h2-7,21H,1H3,(H,17,18,19). The molecule has 0 aliphatic rings. The zero-order valence-corrected chi connectivity index (χ0v) is 13.9. The van der Waals surface area contributed by atoms with E-state index in [9.17, 15) is 15.2 Å². The lowest BCUT2D eigenvalue weighted by Crippen LogP contribution is -1.99. The first-order valence-electron chi connectivity index (χ1n) is 6.72. The van der Waals surface area contributed by atoms with Crippen molar-refractivity contribution in [2.24, 2.45) is 0 Å². The van der Waals surface area contributed by atoms with Crippen LogP contribution < -0.4 is 10.1 Å². The summed E-state index contributed by atoms with van der Waals surface area (Å²) < 4.78 is 6.12. The van der Waals surface area contributed by atoms with Crippen molar-refractivity contribution in [3.05, 3.63) is 51.2 Å². The van der Waals surface area contributed by atoms with Crippen LogP contribution in [0.5, 0.6) is 11.5 Å². The van der Waals surface area contributed by atoms with Crippen molar-refractivity contribution >= 4 is 44.0 Å². The Morgan fingerprint density at radius 2 is 2.08 bits per heavy atom. The second kappa shape index (κ2) is 6.28. The summed E-state index contributed by atoms with van der Waals surface area (Å²) in [5.41, 5.74) is 0.591. The summed E-state index contributed by atoms with van der Waals surface area (Å²) in [6, 6.07) is 7.85. The van der Waals surface area contributed by atoms with E-state index in [2.05, 4.69) is 31.2 Å². The van der Waals surface area contributed by atoms with Gasteiger partial charge in [0.15, 0.2) is 5.75 Å². The van der Waals surface area contributed by atoms with Crippen LogP contribution in [0.15, 0.2) is 41.1 Å². The fraction of sp³-hybridized carbons (Fsp3) is 0.0667. The van der Waals surface area contributed by atoms with Crippen molar-refractivity contribution in [3.63, 3.8) is 0 Å². The van der Waals surface area contributed by atoms with Crippen LogP contribution in [0.2, 0.25) is 0 Å². The van der Waals surface area contributed by atoms with E-state index < -0.39 is 16.4 Å². The topological polar surface area (TPSA) is 110 Å². The molecule has 2 aromatic carbocycles. The lowest BCUT2D eigenvalue weighted by atomic mass is 10.2. The molecule has 8 nitrogen and oxygen atoms in total. The van der Waals surface area contributed by atoms with Gasteiger partial charge in [-0.25, -0.2) is 9.97 Å². The maximum absolute atomic E-state index is 11.0. The minimum Gasteiger partial charge on any atom is -0.502 e. The van der Waals surface area contributed by atoms with E-state index in [0.29, 0.717) is 28.2 Å². The molecule has 0 spiro atoms. The molecule has 0 aliphatic heterocycles. The van der Waals surface area contributed by atoms with Crippen molar-refractivity contribution in [1.82, 2.24) is 9.97 Å². The van der Waals surface area contributed by atoms with Crippen molar-refractivity contribution in [2.75, 3.05) is 12.4 Å². The maximum atomic E-state index is 11.0. The Bertz CT molecular complexity index is 948. The van der Waals surface area contributed by atoms with Crippen LogP contribution in [0.4, 0.5) is 17.2 Å². The Hall–Kier alpha value is -2.94. The number of halogens is 1. The third-order valence-corrected chi connectivity index (χ3v) is 3.84. The predicted octanol–water partition coefficient (Wildman–Crippen LogP) is 3.76. The molecular weight excluding hydrogens is 380 g/mol. The number of methoxy groups -OCH3 is 1. The number of nitro benzene ring substituents is 1. The molecule has 0 fully saturated rings. The predicted molar refractivity (Wildman–Crippen MR) is 91.8 cm³/mol. The van der Waals surface area contributed by atoms with Crippen molar-refractivity contribution in [3.8, 4) is 11.5 Å². The fourth-order valence-corrected chi connectivity index (χ4v) is 2.59. The summed E-state index contributed by atoms with van der Waals surface area (Å²) in [5, 5.41) is 24.3. The van der Waals surface area contributed by atoms with E-state index in [4.69, 9.17) is 4.74 Å². The normalized spacial score (nSPS) is 10.6. The number of phenolic OH excluding ortho intramolecular Hbond substituents is 1. The van der Waals surface area contributed by atoms with E-state index in [-0.39, 0.29) is 0 Å². The van der Waals surface area contributed by atoms with Gasteiger partial charge in [0.2, 0.25) is 0 Å². The van der Waals surface area contributed by atoms with Crippen molar-refractivity contribution < 1.29 is 14.8 Å². The number of benzene rings is 2. The van der Waals surface area contributed by atoms with Gasteiger partial charge in [0, 0.05) is 16.6 Å². The van der Waals surface area contributed by atoms with Gasteiger partial charge in [0.05, 0.1) is 28.6 Å². The molecule has 0 atom stereocenters. The Balaban J connectivity index is 2.15. The van der Waals surface area contributed by atoms with E-state index in [0.717, 1.165) is 4.47 Å². The van der Waals surface area contributed by atoms with E-state index in [1.165, 1.54) is 25.6 Å². The Morgan fingerprint density at radius 1 is 1.29 bits per heavy atom. The minimum atomic E-state index is -0.661. The number of nitrogens with zero attached hydrogens (tertiary/aromatic N) is 3. The third kappa shape index (κ3) is 2.93. The highest BCUT2D eigenvalue weighted by molar-refractivity contribution is 9.10. The van der Waals surface area contributed by atoms with Crippen molar-refractivity contribution in [2.45, 2.75) is 0 Å². The summed E-state index contributed by atoms with van der Waals surface area (Å²) in [5.74, 6) is 0.495. The van der Waals surface area contributed by atoms with Gasteiger partial charge in [-0.2, -0.15) is 0 Å². The molecule has 0 aliphatic carbocycles. The largest absolute Gasteiger partial charge is 0.502 e. The lowest BCUT2D eigenvalue weighted by molar-refractivity contribution is -0.385. The molecule has 122 valence electrons. The summed E-state index contributed by atoms with van der Waals surface area (Å²) in [7, 11) is 1.54. The Morgan fingerprint density at radius 3 is 2.79 bits per heavy atom. The molecule has 24 heavy (non-hydrogen) atoms. The number of aromatic hydroxyl groups is 1. The molecule has 0 bridgehead atoms. The number of nitro groups is 1. The van der Waals surface area contributed by atoms with Crippen LogP contribution in [0.3, 0.4) is 0 Å². The zero-order valence-electron chi connectivity index (χ0n) is 12.4. The molecule has 0 amide bonds. The number of phenols is 1. The van der Waals surface area contributed by atoms with Crippen LogP contribution >= 0.6 is 15.9 Å². The van der Waals surface area contributed by atoms with Gasteiger partial charge in [-0.15, -0.1) is 0 Å². The summed E-state index contributed by atoms with van der Waals surface area (Å²) in [6.45, 7) is 0. The van der Waals surface area contributed by atoms with Gasteiger partial charge in [-0.05, 0) is 18.2 Å². The van der Waals surface area contributed by atoms with E-state index in [1.807, 2.05) is 6.07 Å². The number of nitrogens with one attached hydrogen (secondary N) is 1. The van der Waals surface area contributed by atoms with Gasteiger partial charge in [0.25, 0.3) is 0 Å². The molecule has 9 heteroatoms. The molecule has 0 saturated carbocycles. The summed E-state index contributed by atoms with van der Waals surface area (Å²) in [4.78, 5) is 18.5. The zero-order chi connectivity index (χ0) is 17.3. The first-order valence-corrected chi connectivity index (χ1v) is 7.51. The molecule has 3 aromatic rings. The summed E-state index contributed by atoms with van der Waals surface area (Å²) in [6.07, 6.45) is 1.31. The number of fused-ring (bicyclic) bond motifs is 1. The van der Waals surface area contributed by atoms with E-state index >= 15 is 0 Å². The van der Waals surface area contributed by atoms with E-state index in [1.54, 1.807) is 12.1 Å². The van der Waals surface area contributed by atoms with Gasteiger partial charge >= 0.3 is 5.69 Å². The van der Waals surface area contributed by atoms with Crippen molar-refractivity contribution in [1.29, 1.82) is 0 Å². The van der Waals surface area contributed by atoms with Gasteiger partial charge in [-0.3, -0.25) is 10.1 Å². The van der Waals surface area contributed by atoms with Gasteiger partial charge in [0.1, 0.15) is 17.9 Å². The minimum absolute atomic E-state index is 0.361. The second-order valence-corrected chi connectivity index (χ2v) is 5.72. The molecule has 0 unspecified atom stereocenters. The molecule has 1 aromatic heterocycles. The average molecular weight is 391 g/mol. The number of hydrogen-bond donors (Lipinski definition) is 2. The third-order valence-electron chi connectivity index (χ3n) is 3.34. The number of aromatic nitrogens is 2. The number of ether oxygens (including phenoxy) is 1. The van der Waals surface area contributed by atoms with Crippen LogP contribution in [0.25, 0.3) is 10.9 Å². The number of rotatable bonds is 4. The quantitative estimate of drug-likeness (QED) is 0.515. The van der Waals surface area contributed by atoms with Crippen LogP contribution in [0.1, 0.15) is 0 Å². The first-order chi connectivity index (χ1) is 11.5. The van der Waals surface area contributed by atoms with Gasteiger partial charge in [-0.1, -0.05) is 15.9 Å². The maximum Gasteiger partial charge on any atom is 0.311 e. The lowest BCUT2D eigenvalue weighted by Gasteiger charge is -2.12. The molecule has 0 radical (unpaired) electrons. The average Bonchev–Trinajstić information content (AvgIpc) is 2.54. The highest BCUT2D eigenvalue weighted by atomic mass is 79.9. The molecule has 0 saturated heterocycles. The Kier molecular flexibility index (Phi) is 4.17. The monoisotopic (exact) mass is 390 g/mol. The Labute approximate surface area is 144 Å². The molecular formula is C15H11BrN4O4. The number of hydrogen-bond acceptors (Lipinski definition) is 7. The van der Waals surface area contributed by atoms with Crippen LogP contribution in [0, 0.1) is 10.1 Å². The number of anilines is 2. The van der Waals surface area contributed by atoms with Crippen LogP contribution in [-0.4, -0.2) is 27.1 Å². The fourth-order valence-electron chi connectivity index (χ4n) is 2.23. The molecule has 1 heterocycles. The highest BCUT2D eigenvalue weighted by Crippen LogP contribution is 2.35. The summed E-state index contributed by atoms with van der Waals surface area (Å²) >= 11 is 3.38. The first kappa shape index (κ1) is 15.9. The molecule has 3 rings (SSSR count). The molecule has 2 N–H and O–H groups in total. The SMILES string of the molecule is COc1ccc(Br)cc1Nc1ncnc2cc(O)c([N+](=O)[O-])cc12. The second-order valence-electron chi connectivity index (χ2n) is 4.81.